The van der Waals surface area contributed by atoms with E-state index >= 15 is 0 Å². The van der Waals surface area contributed by atoms with Gasteiger partial charge in [-0.3, -0.25) is 14.3 Å². The zero-order chi connectivity index (χ0) is 25.9. The van der Waals surface area contributed by atoms with Crippen molar-refractivity contribution in [3.63, 3.8) is 0 Å². The number of amides is 2. The van der Waals surface area contributed by atoms with Gasteiger partial charge >= 0.3 is 0 Å². The monoisotopic (exact) mass is 497 g/mol. The SMILES string of the molecule is CCn1ncc(C(=O)NC2N=C(c3ccccc3)c3ccccc3NC2=O)c1-c1ncc(NC)cc1F. The van der Waals surface area contributed by atoms with Crippen LogP contribution in [0.4, 0.5) is 15.8 Å². The number of aromatic nitrogens is 3. The van der Waals surface area contributed by atoms with Crippen LogP contribution in [0.3, 0.4) is 0 Å². The van der Waals surface area contributed by atoms with Gasteiger partial charge in [0.05, 0.1) is 35.0 Å². The zero-order valence-corrected chi connectivity index (χ0v) is 20.2. The van der Waals surface area contributed by atoms with Gasteiger partial charge in [0.2, 0.25) is 6.17 Å². The number of aliphatic imine (C=N–C) groups is 1. The summed E-state index contributed by atoms with van der Waals surface area (Å²) < 4.78 is 16.5. The maximum Gasteiger partial charge on any atom is 0.269 e. The fourth-order valence-corrected chi connectivity index (χ4v) is 4.17. The van der Waals surface area contributed by atoms with E-state index < -0.39 is 23.8 Å². The first-order valence-corrected chi connectivity index (χ1v) is 11.7. The summed E-state index contributed by atoms with van der Waals surface area (Å²) in [7, 11) is 1.66. The first-order chi connectivity index (χ1) is 18.0. The van der Waals surface area contributed by atoms with E-state index in [1.165, 1.54) is 23.1 Å². The number of carbonyl (C=O) groups excluding carboxylic acids is 2. The largest absolute Gasteiger partial charge is 0.387 e. The average molecular weight is 498 g/mol. The standard InChI is InChI=1S/C27H24FN7O2/c1-3-35-24(23-20(28)13-17(29-2)14-30-23)19(15-31-35)26(36)34-25-27(37)32-21-12-8-7-11-18(21)22(33-25)16-9-5-4-6-10-16/h4-15,25,29H,3H2,1-2H3,(H,32,37)(H,34,36). The van der Waals surface area contributed by atoms with Gasteiger partial charge in [0.25, 0.3) is 11.8 Å². The lowest BCUT2D eigenvalue weighted by Gasteiger charge is -2.14. The molecule has 37 heavy (non-hydrogen) atoms. The van der Waals surface area contributed by atoms with Crippen molar-refractivity contribution in [1.29, 1.82) is 0 Å². The lowest BCUT2D eigenvalue weighted by atomic mass is 10.0. The summed E-state index contributed by atoms with van der Waals surface area (Å²) in [4.78, 5) is 35.5. The number of anilines is 2. The number of nitrogens with one attached hydrogen (secondary N) is 3. The second-order valence-electron chi connectivity index (χ2n) is 8.28. The van der Waals surface area contributed by atoms with Crippen LogP contribution in [0.15, 0.2) is 78.0 Å². The lowest BCUT2D eigenvalue weighted by molar-refractivity contribution is -0.117. The fourth-order valence-electron chi connectivity index (χ4n) is 4.17. The van der Waals surface area contributed by atoms with Crippen LogP contribution in [-0.2, 0) is 11.3 Å². The Bertz CT molecular complexity index is 1510. The number of aryl methyl sites for hydroxylation is 1. The molecule has 2 aromatic heterocycles. The molecule has 10 heteroatoms. The van der Waals surface area contributed by atoms with E-state index in [0.717, 1.165) is 11.1 Å². The number of benzodiazepines with no additional fused rings is 1. The predicted octanol–water partition coefficient (Wildman–Crippen LogP) is 3.69. The highest BCUT2D eigenvalue weighted by Gasteiger charge is 2.30. The molecule has 0 radical (unpaired) electrons. The molecule has 0 bridgehead atoms. The first-order valence-electron chi connectivity index (χ1n) is 11.7. The van der Waals surface area contributed by atoms with Crippen LogP contribution < -0.4 is 16.0 Å². The summed E-state index contributed by atoms with van der Waals surface area (Å²) >= 11 is 0. The minimum absolute atomic E-state index is 0.0188. The fraction of sp³-hybridized carbons (Fsp3) is 0.148. The molecule has 186 valence electrons. The Morgan fingerprint density at radius 3 is 2.59 bits per heavy atom. The van der Waals surface area contributed by atoms with E-state index in [4.69, 9.17) is 0 Å². The normalized spacial score (nSPS) is 14.7. The van der Waals surface area contributed by atoms with E-state index in [9.17, 15) is 14.0 Å². The van der Waals surface area contributed by atoms with Gasteiger partial charge in [-0.1, -0.05) is 48.5 Å². The molecule has 2 aromatic carbocycles. The number of nitrogens with zero attached hydrogens (tertiary/aromatic N) is 4. The van der Waals surface area contributed by atoms with Crippen molar-refractivity contribution >= 4 is 28.9 Å². The summed E-state index contributed by atoms with van der Waals surface area (Å²) in [6, 6.07) is 18.0. The highest BCUT2D eigenvalue weighted by atomic mass is 19.1. The van der Waals surface area contributed by atoms with E-state index in [-0.39, 0.29) is 17.0 Å². The zero-order valence-electron chi connectivity index (χ0n) is 20.2. The second kappa shape index (κ2) is 10.0. The van der Waals surface area contributed by atoms with Crippen LogP contribution in [-0.4, -0.2) is 45.5 Å². The molecular formula is C27H24FN7O2. The van der Waals surface area contributed by atoms with Gasteiger partial charge in [0, 0.05) is 30.8 Å². The second-order valence-corrected chi connectivity index (χ2v) is 8.28. The maximum atomic E-state index is 15.0. The molecule has 5 rings (SSSR count). The van der Waals surface area contributed by atoms with Gasteiger partial charge in [-0.05, 0) is 13.0 Å². The molecule has 0 saturated heterocycles. The Labute approximate surface area is 212 Å². The number of benzene rings is 2. The van der Waals surface area contributed by atoms with Crippen LogP contribution in [0.5, 0.6) is 0 Å². The number of carbonyl (C=O) groups is 2. The number of rotatable bonds is 6. The highest BCUT2D eigenvalue weighted by molar-refractivity contribution is 6.20. The van der Waals surface area contributed by atoms with E-state index in [1.54, 1.807) is 13.1 Å². The van der Waals surface area contributed by atoms with Crippen LogP contribution in [0, 0.1) is 5.82 Å². The van der Waals surface area contributed by atoms with Crippen molar-refractivity contribution in [3.8, 4) is 11.4 Å². The summed E-state index contributed by atoms with van der Waals surface area (Å²) in [5.41, 5.74) is 3.43. The van der Waals surface area contributed by atoms with Gasteiger partial charge in [0.1, 0.15) is 11.4 Å². The van der Waals surface area contributed by atoms with Crippen LogP contribution in [0.2, 0.25) is 0 Å². The third-order valence-electron chi connectivity index (χ3n) is 6.00. The number of fused-ring (bicyclic) bond motifs is 1. The Hall–Kier alpha value is -4.86. The van der Waals surface area contributed by atoms with Gasteiger partial charge in [-0.15, -0.1) is 0 Å². The van der Waals surface area contributed by atoms with Crippen molar-refractivity contribution in [2.45, 2.75) is 19.6 Å². The van der Waals surface area contributed by atoms with Crippen LogP contribution in [0.25, 0.3) is 11.4 Å². The third-order valence-corrected chi connectivity index (χ3v) is 6.00. The van der Waals surface area contributed by atoms with Crippen molar-refractivity contribution in [2.75, 3.05) is 17.7 Å². The Morgan fingerprint density at radius 2 is 1.86 bits per heavy atom. The molecule has 3 N–H and O–H groups in total. The molecular weight excluding hydrogens is 473 g/mol. The smallest absolute Gasteiger partial charge is 0.269 e. The first kappa shape index (κ1) is 23.9. The predicted molar refractivity (Wildman–Crippen MR) is 139 cm³/mol. The summed E-state index contributed by atoms with van der Waals surface area (Å²) in [6.45, 7) is 2.21. The molecule has 1 aliphatic rings. The number of halogens is 1. The van der Waals surface area contributed by atoms with Crippen molar-refractivity contribution in [3.05, 3.63) is 95.6 Å². The Morgan fingerprint density at radius 1 is 1.11 bits per heavy atom. The van der Waals surface area contributed by atoms with Gasteiger partial charge < -0.3 is 16.0 Å². The van der Waals surface area contributed by atoms with Crippen LogP contribution >= 0.6 is 0 Å². The minimum Gasteiger partial charge on any atom is -0.387 e. The molecule has 3 heterocycles. The molecule has 9 nitrogen and oxygen atoms in total. The average Bonchev–Trinajstić information content (AvgIpc) is 3.30. The van der Waals surface area contributed by atoms with E-state index in [2.05, 4.69) is 31.0 Å². The van der Waals surface area contributed by atoms with Gasteiger partial charge in [-0.25, -0.2) is 14.4 Å². The number of hydrogen-bond donors (Lipinski definition) is 3. The Kier molecular flexibility index (Phi) is 6.46. The minimum atomic E-state index is -1.24. The molecule has 4 aromatic rings. The third kappa shape index (κ3) is 4.56. The molecule has 0 saturated carbocycles. The number of para-hydroxylation sites is 1. The van der Waals surface area contributed by atoms with Crippen molar-refractivity contribution < 1.29 is 14.0 Å². The molecule has 0 aliphatic carbocycles. The van der Waals surface area contributed by atoms with Crippen molar-refractivity contribution in [1.82, 2.24) is 20.1 Å². The lowest BCUT2D eigenvalue weighted by Crippen LogP contribution is -2.42. The molecule has 0 spiro atoms. The van der Waals surface area contributed by atoms with E-state index in [1.807, 2.05) is 55.5 Å². The molecule has 1 atom stereocenters. The highest BCUT2D eigenvalue weighted by Crippen LogP contribution is 2.27. The number of pyridine rings is 1. The quantitative estimate of drug-likeness (QED) is 0.376. The molecule has 0 fully saturated rings. The summed E-state index contributed by atoms with van der Waals surface area (Å²) in [5, 5.41) is 12.6. The summed E-state index contributed by atoms with van der Waals surface area (Å²) in [5.74, 6) is -1.74. The Balaban J connectivity index is 1.54. The topological polar surface area (TPSA) is 113 Å². The number of hydrogen-bond acceptors (Lipinski definition) is 6. The summed E-state index contributed by atoms with van der Waals surface area (Å²) in [6.07, 6.45) is 1.57. The van der Waals surface area contributed by atoms with Gasteiger partial charge in [0.15, 0.2) is 5.82 Å². The maximum absolute atomic E-state index is 15.0. The van der Waals surface area contributed by atoms with Gasteiger partial charge in [-0.2, -0.15) is 5.10 Å². The molecule has 1 aliphatic heterocycles. The van der Waals surface area contributed by atoms with E-state index in [0.29, 0.717) is 23.6 Å². The molecule has 1 unspecified atom stereocenters. The van der Waals surface area contributed by atoms with Crippen molar-refractivity contribution in [2.24, 2.45) is 4.99 Å². The van der Waals surface area contributed by atoms with Crippen LogP contribution in [0.1, 0.15) is 28.4 Å². The molecule has 2 amide bonds.